The van der Waals surface area contributed by atoms with Crippen molar-refractivity contribution >= 4 is 54.1 Å². The van der Waals surface area contributed by atoms with Gasteiger partial charge in [-0.3, -0.25) is 4.57 Å². The molecule has 5 heteroatoms. The maximum absolute atomic E-state index is 5.44. The van der Waals surface area contributed by atoms with Crippen molar-refractivity contribution in [2.75, 3.05) is 7.11 Å². The topological polar surface area (TPSA) is 39.9 Å². The molecule has 3 heterocycles. The van der Waals surface area contributed by atoms with Gasteiger partial charge in [0.15, 0.2) is 0 Å². The summed E-state index contributed by atoms with van der Waals surface area (Å²) in [6.45, 7) is 4.71. The highest BCUT2D eigenvalue weighted by molar-refractivity contribution is 7.21. The van der Waals surface area contributed by atoms with Gasteiger partial charge in [-0.2, -0.15) is 0 Å². The van der Waals surface area contributed by atoms with Crippen LogP contribution in [-0.4, -0.2) is 21.6 Å². The quantitative estimate of drug-likeness (QED) is 0.211. The summed E-state index contributed by atoms with van der Waals surface area (Å²) in [4.78, 5) is 11.9. The molecule has 0 atom stereocenters. The standard InChI is InChI=1S/C38H27N3OS/c1-38(2)29-13-7-4-11-26(29)32-28-21-20-25-24-10-6-9-15-31(24)41(34(25)35(28)43-36(32)38)37-39-30-14-8-5-12-27(30)33(40-37)22-16-18-23(42-3)19-17-22/h4-21H,1-3H3. The van der Waals surface area contributed by atoms with Crippen molar-refractivity contribution in [3.8, 4) is 34.1 Å². The minimum Gasteiger partial charge on any atom is -0.497 e. The van der Waals surface area contributed by atoms with Crippen molar-refractivity contribution in [1.29, 1.82) is 0 Å². The van der Waals surface area contributed by atoms with E-state index in [-0.39, 0.29) is 5.41 Å². The molecule has 5 aromatic carbocycles. The minimum atomic E-state index is -0.0558. The molecule has 0 amide bonds. The van der Waals surface area contributed by atoms with E-state index in [9.17, 15) is 0 Å². The minimum absolute atomic E-state index is 0.0558. The Morgan fingerprint density at radius 2 is 1.42 bits per heavy atom. The lowest BCUT2D eigenvalue weighted by Gasteiger charge is -2.19. The molecule has 3 aromatic heterocycles. The number of rotatable bonds is 3. The molecule has 0 radical (unpaired) electrons. The second-order valence-corrected chi connectivity index (χ2v) is 12.8. The first-order valence-electron chi connectivity index (χ1n) is 14.5. The summed E-state index contributed by atoms with van der Waals surface area (Å²) in [7, 11) is 1.69. The van der Waals surface area contributed by atoms with Crippen LogP contribution >= 0.6 is 11.3 Å². The third kappa shape index (κ3) is 3.31. The lowest BCUT2D eigenvalue weighted by atomic mass is 9.87. The summed E-state index contributed by atoms with van der Waals surface area (Å²) >= 11 is 1.92. The number of benzene rings is 5. The second-order valence-electron chi connectivity index (χ2n) is 11.8. The van der Waals surface area contributed by atoms with E-state index < -0.39 is 0 Å². The van der Waals surface area contributed by atoms with Crippen molar-refractivity contribution in [2.45, 2.75) is 19.3 Å². The van der Waals surface area contributed by atoms with Crippen LogP contribution in [0.15, 0.2) is 109 Å². The van der Waals surface area contributed by atoms with Gasteiger partial charge in [-0.25, -0.2) is 9.97 Å². The maximum Gasteiger partial charge on any atom is 0.235 e. The monoisotopic (exact) mass is 573 g/mol. The fourth-order valence-corrected chi connectivity index (χ4v) is 8.49. The molecule has 8 aromatic rings. The van der Waals surface area contributed by atoms with Gasteiger partial charge >= 0.3 is 0 Å². The largest absolute Gasteiger partial charge is 0.497 e. The molecule has 0 bridgehead atoms. The fourth-order valence-electron chi connectivity index (χ4n) is 7.02. The van der Waals surface area contributed by atoms with Crippen LogP contribution in [0.3, 0.4) is 0 Å². The average molecular weight is 574 g/mol. The van der Waals surface area contributed by atoms with Crippen molar-refractivity contribution in [2.24, 2.45) is 0 Å². The van der Waals surface area contributed by atoms with Gasteiger partial charge in [0, 0.05) is 43.0 Å². The molecular weight excluding hydrogens is 547 g/mol. The van der Waals surface area contributed by atoms with E-state index in [1.807, 2.05) is 29.5 Å². The first-order valence-corrected chi connectivity index (χ1v) is 15.4. The van der Waals surface area contributed by atoms with Gasteiger partial charge in [0.2, 0.25) is 5.95 Å². The van der Waals surface area contributed by atoms with Crippen LogP contribution in [0.2, 0.25) is 0 Å². The molecule has 4 nitrogen and oxygen atoms in total. The lowest BCUT2D eigenvalue weighted by Crippen LogP contribution is -2.13. The van der Waals surface area contributed by atoms with Crippen LogP contribution < -0.4 is 4.74 Å². The molecule has 0 unspecified atom stereocenters. The van der Waals surface area contributed by atoms with E-state index in [1.165, 1.54) is 47.9 Å². The number of hydrogen-bond donors (Lipinski definition) is 0. The molecule has 0 N–H and O–H groups in total. The number of ether oxygens (including phenoxy) is 1. The molecule has 43 heavy (non-hydrogen) atoms. The van der Waals surface area contributed by atoms with Crippen LogP contribution in [0.4, 0.5) is 0 Å². The molecule has 206 valence electrons. The zero-order valence-electron chi connectivity index (χ0n) is 24.1. The number of nitrogens with zero attached hydrogens (tertiary/aromatic N) is 3. The van der Waals surface area contributed by atoms with E-state index in [0.29, 0.717) is 5.95 Å². The van der Waals surface area contributed by atoms with Gasteiger partial charge in [-0.05, 0) is 47.5 Å². The van der Waals surface area contributed by atoms with E-state index >= 15 is 0 Å². The van der Waals surface area contributed by atoms with Gasteiger partial charge in [-0.1, -0.05) is 86.6 Å². The molecule has 0 aliphatic heterocycles. The summed E-state index contributed by atoms with van der Waals surface area (Å²) in [5.41, 5.74) is 9.19. The number of para-hydroxylation sites is 2. The number of fused-ring (bicyclic) bond motifs is 10. The third-order valence-electron chi connectivity index (χ3n) is 9.08. The van der Waals surface area contributed by atoms with E-state index in [4.69, 9.17) is 14.7 Å². The molecular formula is C38H27N3OS. The summed E-state index contributed by atoms with van der Waals surface area (Å²) < 4.78 is 9.01. The maximum atomic E-state index is 5.44. The Morgan fingerprint density at radius 3 is 2.26 bits per heavy atom. The lowest BCUT2D eigenvalue weighted by molar-refractivity contribution is 0.415. The normalized spacial score (nSPS) is 13.7. The smallest absolute Gasteiger partial charge is 0.235 e. The number of thiophene rings is 1. The third-order valence-corrected chi connectivity index (χ3v) is 10.6. The summed E-state index contributed by atoms with van der Waals surface area (Å²) in [6.07, 6.45) is 0. The number of methoxy groups -OCH3 is 1. The second kappa shape index (κ2) is 8.76. The highest BCUT2D eigenvalue weighted by Gasteiger charge is 2.39. The summed E-state index contributed by atoms with van der Waals surface area (Å²) in [6, 6.07) is 38.5. The van der Waals surface area contributed by atoms with Gasteiger partial charge in [0.1, 0.15) is 5.75 Å². The van der Waals surface area contributed by atoms with Crippen molar-refractivity contribution in [1.82, 2.24) is 14.5 Å². The Balaban J connectivity index is 1.41. The first-order chi connectivity index (χ1) is 21.0. The summed E-state index contributed by atoms with van der Waals surface area (Å²) in [5, 5.41) is 4.74. The van der Waals surface area contributed by atoms with Crippen molar-refractivity contribution < 1.29 is 4.74 Å². The SMILES string of the molecule is COc1ccc(-c2nc(-n3c4ccccc4c4ccc5c6c(sc5c43)C(C)(C)c3ccccc3-6)nc3ccccc23)cc1. The molecule has 9 rings (SSSR count). The first kappa shape index (κ1) is 24.6. The van der Waals surface area contributed by atoms with Gasteiger partial charge < -0.3 is 4.74 Å². The van der Waals surface area contributed by atoms with Crippen LogP contribution in [-0.2, 0) is 5.41 Å². The Bertz CT molecular complexity index is 2410. The molecule has 0 spiro atoms. The Labute approximate surface area is 252 Å². The molecule has 0 saturated heterocycles. The zero-order chi connectivity index (χ0) is 28.9. The Hall–Kier alpha value is -5.00. The van der Waals surface area contributed by atoms with E-state index in [1.54, 1.807) is 7.11 Å². The van der Waals surface area contributed by atoms with E-state index in [0.717, 1.165) is 33.4 Å². The fraction of sp³-hybridized carbons (Fsp3) is 0.105. The average Bonchev–Trinajstić information content (AvgIpc) is 3.67. The number of aromatic nitrogens is 3. The van der Waals surface area contributed by atoms with Crippen LogP contribution in [0.5, 0.6) is 5.75 Å². The molecule has 0 fully saturated rings. The van der Waals surface area contributed by atoms with Crippen LogP contribution in [0, 0.1) is 0 Å². The predicted molar refractivity (Wildman–Crippen MR) is 179 cm³/mol. The van der Waals surface area contributed by atoms with E-state index in [2.05, 4.69) is 109 Å². The van der Waals surface area contributed by atoms with Crippen LogP contribution in [0.1, 0.15) is 24.3 Å². The number of hydrogen-bond acceptors (Lipinski definition) is 4. The predicted octanol–water partition coefficient (Wildman–Crippen LogP) is 9.92. The Kier molecular flexibility index (Phi) is 5.01. The highest BCUT2D eigenvalue weighted by atomic mass is 32.1. The van der Waals surface area contributed by atoms with Crippen molar-refractivity contribution in [3.05, 3.63) is 120 Å². The van der Waals surface area contributed by atoms with Crippen molar-refractivity contribution in [3.63, 3.8) is 0 Å². The van der Waals surface area contributed by atoms with Gasteiger partial charge in [-0.15, -0.1) is 11.3 Å². The van der Waals surface area contributed by atoms with Gasteiger partial charge in [0.25, 0.3) is 0 Å². The highest BCUT2D eigenvalue weighted by Crippen LogP contribution is 2.56. The molecule has 1 aliphatic rings. The Morgan fingerprint density at radius 1 is 0.698 bits per heavy atom. The van der Waals surface area contributed by atoms with Crippen LogP contribution in [0.25, 0.3) is 71.1 Å². The summed E-state index contributed by atoms with van der Waals surface area (Å²) in [5.74, 6) is 1.50. The zero-order valence-corrected chi connectivity index (χ0v) is 24.9. The van der Waals surface area contributed by atoms with Gasteiger partial charge in [0.05, 0.1) is 34.1 Å². The molecule has 0 saturated carbocycles. The molecule has 1 aliphatic carbocycles.